The molecule has 20 heavy (non-hydrogen) atoms. The van der Waals surface area contributed by atoms with Crippen LogP contribution in [0.5, 0.6) is 0 Å². The van der Waals surface area contributed by atoms with Crippen molar-refractivity contribution in [2.75, 3.05) is 12.4 Å². The summed E-state index contributed by atoms with van der Waals surface area (Å²) in [6.07, 6.45) is 2.87. The highest BCUT2D eigenvalue weighted by Crippen LogP contribution is 2.19. The second kappa shape index (κ2) is 7.45. The maximum absolute atomic E-state index is 12.4. The molecule has 0 fully saturated rings. The second-order valence-corrected chi connectivity index (χ2v) is 5.66. The lowest BCUT2D eigenvalue weighted by atomic mass is 10.2. The third kappa shape index (κ3) is 3.41. The van der Waals surface area contributed by atoms with Gasteiger partial charge < -0.3 is 5.11 Å². The van der Waals surface area contributed by atoms with Crippen molar-refractivity contribution in [2.24, 2.45) is 0 Å². The van der Waals surface area contributed by atoms with Crippen molar-refractivity contribution in [1.29, 1.82) is 0 Å². The molecule has 0 saturated carbocycles. The number of rotatable bonds is 7. The number of hydrogen-bond acceptors (Lipinski definition) is 4. The second-order valence-electron chi connectivity index (χ2n) is 4.59. The molecule has 0 aliphatic rings. The van der Waals surface area contributed by atoms with Crippen molar-refractivity contribution in [2.45, 2.75) is 37.9 Å². The van der Waals surface area contributed by atoms with Crippen molar-refractivity contribution in [3.05, 3.63) is 34.6 Å². The molecule has 0 spiro atoms. The van der Waals surface area contributed by atoms with E-state index in [1.165, 1.54) is 0 Å². The third-order valence-corrected chi connectivity index (χ3v) is 4.24. The van der Waals surface area contributed by atoms with Crippen molar-refractivity contribution in [3.8, 4) is 0 Å². The molecular formula is C15H20N2O2S. The monoisotopic (exact) mass is 292 g/mol. The zero-order valence-electron chi connectivity index (χ0n) is 11.7. The van der Waals surface area contributed by atoms with Gasteiger partial charge in [-0.3, -0.25) is 9.36 Å². The first-order chi connectivity index (χ1) is 9.77. The molecule has 1 heterocycles. The zero-order chi connectivity index (χ0) is 14.4. The largest absolute Gasteiger partial charge is 0.396 e. The number of fused-ring (bicyclic) bond motifs is 1. The van der Waals surface area contributed by atoms with Gasteiger partial charge in [-0.15, -0.1) is 0 Å². The van der Waals surface area contributed by atoms with E-state index in [0.717, 1.165) is 35.7 Å². The van der Waals surface area contributed by atoms with Crippen molar-refractivity contribution >= 4 is 22.7 Å². The van der Waals surface area contributed by atoms with Crippen molar-refractivity contribution in [3.63, 3.8) is 0 Å². The molecule has 4 nitrogen and oxygen atoms in total. The van der Waals surface area contributed by atoms with E-state index in [0.29, 0.717) is 11.9 Å². The fourth-order valence-electron chi connectivity index (χ4n) is 2.09. The van der Waals surface area contributed by atoms with Crippen LogP contribution in [0.3, 0.4) is 0 Å². The number of hydrogen-bond donors (Lipinski definition) is 1. The molecule has 0 unspecified atom stereocenters. The Morgan fingerprint density at radius 1 is 1.25 bits per heavy atom. The number of thioether (sulfide) groups is 1. The van der Waals surface area contributed by atoms with E-state index in [-0.39, 0.29) is 12.2 Å². The molecule has 2 rings (SSSR count). The molecule has 0 aliphatic carbocycles. The summed E-state index contributed by atoms with van der Waals surface area (Å²) in [4.78, 5) is 17.0. The maximum atomic E-state index is 12.4. The number of para-hydroxylation sites is 1. The Labute approximate surface area is 122 Å². The van der Waals surface area contributed by atoms with Crippen LogP contribution in [-0.4, -0.2) is 27.0 Å². The maximum Gasteiger partial charge on any atom is 0.262 e. The first kappa shape index (κ1) is 15.1. The lowest BCUT2D eigenvalue weighted by molar-refractivity contribution is 0.284. The van der Waals surface area contributed by atoms with Gasteiger partial charge in [0, 0.05) is 18.9 Å². The summed E-state index contributed by atoms with van der Waals surface area (Å²) in [5.74, 6) is 0.921. The average Bonchev–Trinajstić information content (AvgIpc) is 2.47. The Hall–Kier alpha value is -1.33. The van der Waals surface area contributed by atoms with Gasteiger partial charge in [0.2, 0.25) is 0 Å². The van der Waals surface area contributed by atoms with E-state index >= 15 is 0 Å². The predicted molar refractivity (Wildman–Crippen MR) is 83.3 cm³/mol. The molecule has 0 bridgehead atoms. The van der Waals surface area contributed by atoms with Gasteiger partial charge in [0.1, 0.15) is 0 Å². The summed E-state index contributed by atoms with van der Waals surface area (Å²) < 4.78 is 1.74. The SMILES string of the molecule is CCn1c(SCCCCCO)nc2ccccc2c1=O. The van der Waals surface area contributed by atoms with E-state index in [9.17, 15) is 4.79 Å². The third-order valence-electron chi connectivity index (χ3n) is 3.18. The molecule has 2 aromatic rings. The summed E-state index contributed by atoms with van der Waals surface area (Å²) in [7, 11) is 0. The smallest absolute Gasteiger partial charge is 0.262 e. The quantitative estimate of drug-likeness (QED) is 0.484. The Kier molecular flexibility index (Phi) is 5.61. The summed E-state index contributed by atoms with van der Waals surface area (Å²) in [5, 5.41) is 10.2. The average molecular weight is 292 g/mol. The summed E-state index contributed by atoms with van der Waals surface area (Å²) >= 11 is 1.62. The number of unbranched alkanes of at least 4 members (excludes halogenated alkanes) is 2. The molecule has 0 aliphatic heterocycles. The van der Waals surface area contributed by atoms with E-state index in [1.807, 2.05) is 31.2 Å². The van der Waals surface area contributed by atoms with Gasteiger partial charge in [-0.25, -0.2) is 4.98 Å². The van der Waals surface area contributed by atoms with Crippen LogP contribution in [0.4, 0.5) is 0 Å². The molecule has 1 aromatic heterocycles. The van der Waals surface area contributed by atoms with Gasteiger partial charge in [0.05, 0.1) is 10.9 Å². The van der Waals surface area contributed by atoms with Crippen molar-refractivity contribution < 1.29 is 5.11 Å². The normalized spacial score (nSPS) is 11.1. The number of aliphatic hydroxyl groups is 1. The van der Waals surface area contributed by atoms with E-state index in [2.05, 4.69) is 4.98 Å². The Balaban J connectivity index is 2.21. The first-order valence-electron chi connectivity index (χ1n) is 7.01. The van der Waals surface area contributed by atoms with Gasteiger partial charge in [-0.05, 0) is 31.9 Å². The minimum absolute atomic E-state index is 0.0379. The van der Waals surface area contributed by atoms with Gasteiger partial charge in [0.25, 0.3) is 5.56 Å². The fourth-order valence-corrected chi connectivity index (χ4v) is 3.15. The zero-order valence-corrected chi connectivity index (χ0v) is 12.5. The van der Waals surface area contributed by atoms with E-state index < -0.39 is 0 Å². The van der Waals surface area contributed by atoms with E-state index in [4.69, 9.17) is 5.11 Å². The summed E-state index contributed by atoms with van der Waals surface area (Å²) in [6.45, 7) is 2.85. The molecule has 1 aromatic carbocycles. The Morgan fingerprint density at radius 3 is 2.80 bits per heavy atom. The van der Waals surface area contributed by atoms with Crippen LogP contribution in [0.25, 0.3) is 10.9 Å². The van der Waals surface area contributed by atoms with Crippen LogP contribution in [-0.2, 0) is 6.54 Å². The number of benzene rings is 1. The molecule has 1 N–H and O–H groups in total. The molecule has 0 atom stereocenters. The van der Waals surface area contributed by atoms with Gasteiger partial charge in [0.15, 0.2) is 5.16 Å². The van der Waals surface area contributed by atoms with Gasteiger partial charge in [-0.1, -0.05) is 30.3 Å². The topological polar surface area (TPSA) is 55.1 Å². The highest BCUT2D eigenvalue weighted by atomic mass is 32.2. The van der Waals surface area contributed by atoms with Gasteiger partial charge >= 0.3 is 0 Å². The minimum Gasteiger partial charge on any atom is -0.396 e. The highest BCUT2D eigenvalue weighted by Gasteiger charge is 2.09. The van der Waals surface area contributed by atoms with Crippen molar-refractivity contribution in [1.82, 2.24) is 9.55 Å². The highest BCUT2D eigenvalue weighted by molar-refractivity contribution is 7.99. The summed E-state index contributed by atoms with van der Waals surface area (Å²) in [6, 6.07) is 7.48. The van der Waals surface area contributed by atoms with Crippen LogP contribution in [0.15, 0.2) is 34.2 Å². The number of nitrogens with zero attached hydrogens (tertiary/aromatic N) is 2. The van der Waals surface area contributed by atoms with Crippen LogP contribution in [0.1, 0.15) is 26.2 Å². The van der Waals surface area contributed by atoms with Crippen LogP contribution < -0.4 is 5.56 Å². The lowest BCUT2D eigenvalue weighted by Crippen LogP contribution is -2.22. The standard InChI is InChI=1S/C15H20N2O2S/c1-2-17-14(19)12-8-4-5-9-13(12)16-15(17)20-11-7-3-6-10-18/h4-5,8-9,18H,2-3,6-7,10-11H2,1H3. The molecule has 0 amide bonds. The minimum atomic E-state index is 0.0379. The Morgan fingerprint density at radius 2 is 2.05 bits per heavy atom. The lowest BCUT2D eigenvalue weighted by Gasteiger charge is -2.10. The van der Waals surface area contributed by atoms with Crippen LogP contribution >= 0.6 is 11.8 Å². The Bertz CT molecular complexity index is 625. The summed E-state index contributed by atoms with van der Waals surface area (Å²) in [5.41, 5.74) is 0.802. The molecule has 0 saturated heterocycles. The van der Waals surface area contributed by atoms with E-state index in [1.54, 1.807) is 16.3 Å². The number of aliphatic hydroxyl groups excluding tert-OH is 1. The molecular weight excluding hydrogens is 272 g/mol. The first-order valence-corrected chi connectivity index (χ1v) is 7.99. The van der Waals surface area contributed by atoms with Crippen LogP contribution in [0.2, 0.25) is 0 Å². The number of aromatic nitrogens is 2. The molecule has 0 radical (unpaired) electrons. The molecule has 108 valence electrons. The van der Waals surface area contributed by atoms with Crippen LogP contribution in [0, 0.1) is 0 Å². The van der Waals surface area contributed by atoms with Gasteiger partial charge in [-0.2, -0.15) is 0 Å². The predicted octanol–water partition coefficient (Wildman–Crippen LogP) is 2.67. The molecule has 5 heteroatoms. The fraction of sp³-hybridized carbons (Fsp3) is 0.467.